The van der Waals surface area contributed by atoms with Crippen LogP contribution in [0.25, 0.3) is 0 Å². The molecule has 0 unspecified atom stereocenters. The van der Waals surface area contributed by atoms with Crippen molar-refractivity contribution >= 4 is 18.0 Å². The molecule has 0 fully saturated rings. The van der Waals surface area contributed by atoms with E-state index in [1.807, 2.05) is 10.6 Å². The lowest BCUT2D eigenvalue weighted by Crippen LogP contribution is -2.12. The van der Waals surface area contributed by atoms with Gasteiger partial charge in [-0.3, -0.25) is 5.10 Å². The van der Waals surface area contributed by atoms with Gasteiger partial charge < -0.3 is 9.88 Å². The van der Waals surface area contributed by atoms with Crippen molar-refractivity contribution in [3.63, 3.8) is 0 Å². The van der Waals surface area contributed by atoms with E-state index < -0.39 is 0 Å². The van der Waals surface area contributed by atoms with E-state index in [9.17, 15) is 0 Å². The van der Waals surface area contributed by atoms with Gasteiger partial charge >= 0.3 is 0 Å². The largest absolute Gasteiger partial charge is 0.370 e. The Bertz CT molecular complexity index is 661. The molecule has 0 radical (unpaired) electrons. The van der Waals surface area contributed by atoms with Crippen LogP contribution in [0, 0.1) is 16.1 Å². The summed E-state index contributed by atoms with van der Waals surface area (Å²) >= 11 is 5.20. The summed E-state index contributed by atoms with van der Waals surface area (Å²) in [7, 11) is 0. The van der Waals surface area contributed by atoms with Gasteiger partial charge in [0.25, 0.3) is 0 Å². The van der Waals surface area contributed by atoms with E-state index in [4.69, 9.17) is 17.5 Å². The predicted molar refractivity (Wildman–Crippen MR) is 78.9 cm³/mol. The summed E-state index contributed by atoms with van der Waals surface area (Å²) in [6.07, 6.45) is 2.29. The minimum Gasteiger partial charge on any atom is -0.370 e. The standard InChI is InChI=1S/C13H16N6S/c1-9(2)19-12(17-18-13(19)20)5-6-15-11-4-3-10(7-14)8-16-11/h3-4,8-9H,5-6H2,1-2H3,(H,15,16)(H,18,20). The summed E-state index contributed by atoms with van der Waals surface area (Å²) < 4.78 is 2.65. The first-order chi connectivity index (χ1) is 9.61. The van der Waals surface area contributed by atoms with Gasteiger partial charge in [-0.1, -0.05) is 0 Å². The molecule has 6 nitrogen and oxygen atoms in total. The van der Waals surface area contributed by atoms with Crippen LogP contribution in [-0.4, -0.2) is 26.3 Å². The first-order valence-electron chi connectivity index (χ1n) is 6.37. The van der Waals surface area contributed by atoms with Crippen LogP contribution in [0.5, 0.6) is 0 Å². The minimum absolute atomic E-state index is 0.282. The number of anilines is 1. The van der Waals surface area contributed by atoms with E-state index in [1.54, 1.807) is 18.3 Å². The molecule has 0 saturated carbocycles. The van der Waals surface area contributed by atoms with Gasteiger partial charge in [0.15, 0.2) is 4.77 Å². The summed E-state index contributed by atoms with van der Waals surface area (Å²) in [5.74, 6) is 1.67. The Labute approximate surface area is 122 Å². The second kappa shape index (κ2) is 6.30. The average molecular weight is 288 g/mol. The molecule has 20 heavy (non-hydrogen) atoms. The van der Waals surface area contributed by atoms with Crippen LogP contribution < -0.4 is 5.32 Å². The molecule has 2 aromatic rings. The predicted octanol–water partition coefficient (Wildman–Crippen LogP) is 2.44. The van der Waals surface area contributed by atoms with E-state index in [1.165, 1.54) is 0 Å². The lowest BCUT2D eigenvalue weighted by Gasteiger charge is -2.10. The van der Waals surface area contributed by atoms with Gasteiger partial charge in [-0.25, -0.2) is 4.98 Å². The van der Waals surface area contributed by atoms with Crippen LogP contribution in [0.1, 0.15) is 31.3 Å². The van der Waals surface area contributed by atoms with Crippen LogP contribution in [0.3, 0.4) is 0 Å². The highest BCUT2D eigenvalue weighted by molar-refractivity contribution is 7.71. The third-order valence-corrected chi connectivity index (χ3v) is 3.13. The molecule has 0 bridgehead atoms. The van der Waals surface area contributed by atoms with Gasteiger partial charge in [-0.05, 0) is 38.2 Å². The highest BCUT2D eigenvalue weighted by Crippen LogP contribution is 2.09. The van der Waals surface area contributed by atoms with Gasteiger partial charge in [0, 0.05) is 25.2 Å². The average Bonchev–Trinajstić information content (AvgIpc) is 2.81. The van der Waals surface area contributed by atoms with Gasteiger partial charge in [-0.2, -0.15) is 10.4 Å². The van der Waals surface area contributed by atoms with Gasteiger partial charge in [-0.15, -0.1) is 0 Å². The molecule has 7 heteroatoms. The summed E-state index contributed by atoms with van der Waals surface area (Å²) in [5.41, 5.74) is 0.552. The SMILES string of the molecule is CC(C)n1c(CCNc2ccc(C#N)cn2)n[nH]c1=S. The van der Waals surface area contributed by atoms with E-state index in [-0.39, 0.29) is 6.04 Å². The molecule has 0 aliphatic heterocycles. The molecule has 2 rings (SSSR count). The number of rotatable bonds is 5. The monoisotopic (exact) mass is 288 g/mol. The zero-order valence-corrected chi connectivity index (χ0v) is 12.2. The molecular weight excluding hydrogens is 272 g/mol. The van der Waals surface area contributed by atoms with Gasteiger partial charge in [0.2, 0.25) is 0 Å². The molecular formula is C13H16N6S. The van der Waals surface area contributed by atoms with E-state index in [0.29, 0.717) is 16.9 Å². The fourth-order valence-electron chi connectivity index (χ4n) is 1.91. The molecule has 2 N–H and O–H groups in total. The van der Waals surface area contributed by atoms with Crippen LogP contribution >= 0.6 is 12.2 Å². The lowest BCUT2D eigenvalue weighted by molar-refractivity contribution is 0.562. The molecule has 2 aromatic heterocycles. The zero-order chi connectivity index (χ0) is 14.5. The summed E-state index contributed by atoms with van der Waals surface area (Å²) in [4.78, 5) is 4.15. The Balaban J connectivity index is 1.96. The van der Waals surface area contributed by atoms with Crippen molar-refractivity contribution in [2.75, 3.05) is 11.9 Å². The molecule has 0 amide bonds. The Morgan fingerprint density at radius 1 is 1.50 bits per heavy atom. The molecule has 0 atom stereocenters. The van der Waals surface area contributed by atoms with Crippen molar-refractivity contribution in [1.29, 1.82) is 5.26 Å². The summed E-state index contributed by atoms with van der Waals surface area (Å²) in [5, 5.41) is 19.0. The molecule has 0 spiro atoms. The Kier molecular flexibility index (Phi) is 4.48. The van der Waals surface area contributed by atoms with Crippen LogP contribution in [-0.2, 0) is 6.42 Å². The van der Waals surface area contributed by atoms with Crippen molar-refractivity contribution < 1.29 is 0 Å². The summed E-state index contributed by atoms with van der Waals surface area (Å²) in [6.45, 7) is 4.85. The number of aromatic nitrogens is 4. The minimum atomic E-state index is 0.282. The maximum atomic E-state index is 8.70. The van der Waals surface area contributed by atoms with Crippen molar-refractivity contribution in [2.24, 2.45) is 0 Å². The zero-order valence-electron chi connectivity index (χ0n) is 11.4. The molecule has 0 aliphatic rings. The number of pyridine rings is 1. The highest BCUT2D eigenvalue weighted by Gasteiger charge is 2.08. The maximum Gasteiger partial charge on any atom is 0.195 e. The number of H-pyrrole nitrogens is 1. The number of hydrogen-bond acceptors (Lipinski definition) is 5. The lowest BCUT2D eigenvalue weighted by atomic mass is 10.3. The second-order valence-corrected chi connectivity index (χ2v) is 5.02. The Hall–Kier alpha value is -2.20. The topological polar surface area (TPSA) is 82.3 Å². The number of aromatic amines is 1. The number of nitrogens with zero attached hydrogens (tertiary/aromatic N) is 4. The second-order valence-electron chi connectivity index (χ2n) is 4.63. The van der Waals surface area contributed by atoms with Crippen LogP contribution in [0.4, 0.5) is 5.82 Å². The molecule has 104 valence electrons. The van der Waals surface area contributed by atoms with Crippen molar-refractivity contribution in [3.8, 4) is 6.07 Å². The first kappa shape index (κ1) is 14.2. The molecule has 0 saturated heterocycles. The third-order valence-electron chi connectivity index (χ3n) is 2.84. The molecule has 0 aliphatic carbocycles. The Morgan fingerprint density at radius 2 is 2.30 bits per heavy atom. The molecule has 2 heterocycles. The number of hydrogen-bond donors (Lipinski definition) is 2. The van der Waals surface area contributed by atoms with E-state index in [2.05, 4.69) is 34.3 Å². The van der Waals surface area contributed by atoms with E-state index >= 15 is 0 Å². The number of nitriles is 1. The van der Waals surface area contributed by atoms with E-state index in [0.717, 1.165) is 18.1 Å². The number of nitrogens with one attached hydrogen (secondary N) is 2. The van der Waals surface area contributed by atoms with Crippen molar-refractivity contribution in [2.45, 2.75) is 26.3 Å². The summed E-state index contributed by atoms with van der Waals surface area (Å²) in [6, 6.07) is 5.85. The highest BCUT2D eigenvalue weighted by atomic mass is 32.1. The normalized spacial score (nSPS) is 10.5. The maximum absolute atomic E-state index is 8.70. The van der Waals surface area contributed by atoms with Gasteiger partial charge in [0.1, 0.15) is 17.7 Å². The van der Waals surface area contributed by atoms with Gasteiger partial charge in [0.05, 0.1) is 5.56 Å². The van der Waals surface area contributed by atoms with Crippen LogP contribution in [0.15, 0.2) is 18.3 Å². The van der Waals surface area contributed by atoms with Crippen molar-refractivity contribution in [3.05, 3.63) is 34.5 Å². The fourth-order valence-corrected chi connectivity index (χ4v) is 2.27. The smallest absolute Gasteiger partial charge is 0.195 e. The first-order valence-corrected chi connectivity index (χ1v) is 6.78. The Morgan fingerprint density at radius 3 is 2.90 bits per heavy atom. The quantitative estimate of drug-likeness (QED) is 0.826. The van der Waals surface area contributed by atoms with Crippen LogP contribution in [0.2, 0.25) is 0 Å². The van der Waals surface area contributed by atoms with Crippen molar-refractivity contribution in [1.82, 2.24) is 19.7 Å². The fraction of sp³-hybridized carbons (Fsp3) is 0.385. The third kappa shape index (κ3) is 3.22. The molecule has 0 aromatic carbocycles.